The van der Waals surface area contributed by atoms with Crippen molar-refractivity contribution in [2.24, 2.45) is 5.92 Å². The van der Waals surface area contributed by atoms with Crippen LogP contribution in [0.1, 0.15) is 29.6 Å². The van der Waals surface area contributed by atoms with Crippen molar-refractivity contribution in [3.05, 3.63) is 34.9 Å². The predicted octanol–water partition coefficient (Wildman–Crippen LogP) is 2.32. The summed E-state index contributed by atoms with van der Waals surface area (Å²) >= 11 is 5.79. The molecule has 1 unspecified atom stereocenters. The Morgan fingerprint density at radius 3 is 2.72 bits per heavy atom. The number of aliphatic carboxylic acids is 1. The van der Waals surface area contributed by atoms with Crippen LogP contribution in [-0.4, -0.2) is 23.0 Å². The summed E-state index contributed by atoms with van der Waals surface area (Å²) in [6, 6.07) is 5.64. The van der Waals surface area contributed by atoms with Crippen LogP contribution in [0.15, 0.2) is 24.3 Å². The average Bonchev–Trinajstić information content (AvgIpc) is 3.12. The third-order valence-electron chi connectivity index (χ3n) is 2.96. The van der Waals surface area contributed by atoms with Crippen LogP contribution in [0, 0.1) is 5.92 Å². The number of halogens is 1. The summed E-state index contributed by atoms with van der Waals surface area (Å²) in [6.45, 7) is 0. The third kappa shape index (κ3) is 3.47. The molecule has 1 saturated carbocycles. The zero-order valence-electron chi connectivity index (χ0n) is 9.73. The highest BCUT2D eigenvalue weighted by molar-refractivity contribution is 6.30. The molecule has 1 fully saturated rings. The molecule has 1 aromatic carbocycles. The number of nitrogens with one attached hydrogen (secondary N) is 1. The second kappa shape index (κ2) is 5.40. The second-order valence-electron chi connectivity index (χ2n) is 4.55. The van der Waals surface area contributed by atoms with Crippen molar-refractivity contribution in [1.82, 2.24) is 5.32 Å². The number of carboxylic acid groups (broad SMARTS) is 1. The third-order valence-corrected chi connectivity index (χ3v) is 3.19. The quantitative estimate of drug-likeness (QED) is 0.860. The van der Waals surface area contributed by atoms with Gasteiger partial charge in [0.1, 0.15) is 6.04 Å². The average molecular weight is 268 g/mol. The Morgan fingerprint density at radius 2 is 2.17 bits per heavy atom. The lowest BCUT2D eigenvalue weighted by Crippen LogP contribution is -2.41. The van der Waals surface area contributed by atoms with E-state index in [1.807, 2.05) is 0 Å². The first-order valence-electron chi connectivity index (χ1n) is 5.85. The van der Waals surface area contributed by atoms with Gasteiger partial charge in [-0.05, 0) is 30.5 Å². The van der Waals surface area contributed by atoms with Gasteiger partial charge in [-0.15, -0.1) is 0 Å². The second-order valence-corrected chi connectivity index (χ2v) is 4.99. The SMILES string of the molecule is O=C(NC(CC1CC1)C(=O)O)c1cccc(Cl)c1. The lowest BCUT2D eigenvalue weighted by molar-refractivity contribution is -0.139. The van der Waals surface area contributed by atoms with Crippen LogP contribution >= 0.6 is 11.6 Å². The number of amides is 1. The van der Waals surface area contributed by atoms with Crippen molar-refractivity contribution >= 4 is 23.5 Å². The summed E-state index contributed by atoms with van der Waals surface area (Å²) in [6.07, 6.45) is 2.61. The Morgan fingerprint density at radius 1 is 1.44 bits per heavy atom. The van der Waals surface area contributed by atoms with E-state index in [1.165, 1.54) is 6.07 Å². The molecule has 0 saturated heterocycles. The van der Waals surface area contributed by atoms with Crippen LogP contribution in [0.3, 0.4) is 0 Å². The molecule has 1 aliphatic rings. The molecular weight excluding hydrogens is 254 g/mol. The fourth-order valence-corrected chi connectivity index (χ4v) is 1.97. The van der Waals surface area contributed by atoms with E-state index < -0.39 is 17.9 Å². The van der Waals surface area contributed by atoms with E-state index >= 15 is 0 Å². The van der Waals surface area contributed by atoms with Gasteiger partial charge in [0.2, 0.25) is 0 Å². The molecule has 4 nitrogen and oxygen atoms in total. The number of benzene rings is 1. The molecule has 0 radical (unpaired) electrons. The maximum atomic E-state index is 11.9. The highest BCUT2D eigenvalue weighted by atomic mass is 35.5. The minimum atomic E-state index is -0.989. The van der Waals surface area contributed by atoms with E-state index in [-0.39, 0.29) is 0 Å². The van der Waals surface area contributed by atoms with Crippen molar-refractivity contribution in [2.45, 2.75) is 25.3 Å². The predicted molar refractivity (Wildman–Crippen MR) is 67.7 cm³/mol. The van der Waals surface area contributed by atoms with Crippen LogP contribution < -0.4 is 5.32 Å². The molecule has 18 heavy (non-hydrogen) atoms. The number of rotatable bonds is 5. The van der Waals surface area contributed by atoms with Crippen LogP contribution in [0.5, 0.6) is 0 Å². The van der Waals surface area contributed by atoms with Crippen molar-refractivity contribution in [3.63, 3.8) is 0 Å². The highest BCUT2D eigenvalue weighted by Crippen LogP contribution is 2.33. The smallest absolute Gasteiger partial charge is 0.326 e. The molecule has 0 heterocycles. The van der Waals surface area contributed by atoms with Gasteiger partial charge < -0.3 is 10.4 Å². The first kappa shape index (κ1) is 12.9. The Bertz CT molecular complexity index is 471. The minimum Gasteiger partial charge on any atom is -0.480 e. The van der Waals surface area contributed by atoms with Gasteiger partial charge in [0.05, 0.1) is 0 Å². The normalized spacial score (nSPS) is 16.1. The van der Waals surface area contributed by atoms with E-state index in [1.54, 1.807) is 18.2 Å². The van der Waals surface area contributed by atoms with Crippen molar-refractivity contribution in [1.29, 1.82) is 0 Å². The number of carbonyl (C=O) groups excluding carboxylic acids is 1. The van der Waals surface area contributed by atoms with Gasteiger partial charge >= 0.3 is 5.97 Å². The zero-order chi connectivity index (χ0) is 13.1. The molecule has 0 bridgehead atoms. The molecule has 1 atom stereocenters. The molecule has 0 aromatic heterocycles. The van der Waals surface area contributed by atoms with Crippen LogP contribution in [0.2, 0.25) is 5.02 Å². The Hall–Kier alpha value is -1.55. The lowest BCUT2D eigenvalue weighted by Gasteiger charge is -2.14. The van der Waals surface area contributed by atoms with Gasteiger partial charge in [0, 0.05) is 10.6 Å². The van der Waals surface area contributed by atoms with Gasteiger partial charge in [-0.2, -0.15) is 0 Å². The molecule has 1 amide bonds. The first-order valence-corrected chi connectivity index (χ1v) is 6.23. The fraction of sp³-hybridized carbons (Fsp3) is 0.385. The van der Waals surface area contributed by atoms with E-state index in [0.717, 1.165) is 12.8 Å². The molecule has 0 aliphatic heterocycles. The van der Waals surface area contributed by atoms with Gasteiger partial charge in [-0.25, -0.2) is 4.79 Å². The Labute approximate surface area is 110 Å². The molecule has 2 rings (SSSR count). The molecule has 0 spiro atoms. The summed E-state index contributed by atoms with van der Waals surface area (Å²) in [5.41, 5.74) is 0.379. The van der Waals surface area contributed by atoms with Gasteiger partial charge in [0.15, 0.2) is 0 Å². The monoisotopic (exact) mass is 267 g/mol. The molecule has 5 heteroatoms. The summed E-state index contributed by atoms with van der Waals surface area (Å²) in [5.74, 6) is -0.950. The van der Waals surface area contributed by atoms with Crippen molar-refractivity contribution < 1.29 is 14.7 Å². The zero-order valence-corrected chi connectivity index (χ0v) is 10.5. The van der Waals surface area contributed by atoms with Crippen LogP contribution in [-0.2, 0) is 4.79 Å². The number of hydrogen-bond donors (Lipinski definition) is 2. The Balaban J connectivity index is 2.01. The molecule has 1 aliphatic carbocycles. The van der Waals surface area contributed by atoms with Gasteiger partial charge in [-0.1, -0.05) is 30.5 Å². The largest absolute Gasteiger partial charge is 0.480 e. The Kier molecular flexibility index (Phi) is 3.87. The molecular formula is C13H14ClNO3. The molecule has 1 aromatic rings. The van der Waals surface area contributed by atoms with E-state index in [4.69, 9.17) is 16.7 Å². The standard InChI is InChI=1S/C13H14ClNO3/c14-10-3-1-2-9(7-10)12(16)15-11(13(17)18)6-8-4-5-8/h1-3,7-8,11H,4-6H2,(H,15,16)(H,17,18). The lowest BCUT2D eigenvalue weighted by atomic mass is 10.1. The summed E-state index contributed by atoms with van der Waals surface area (Å²) in [4.78, 5) is 22.9. The number of hydrogen-bond acceptors (Lipinski definition) is 2. The van der Waals surface area contributed by atoms with Crippen molar-refractivity contribution in [2.75, 3.05) is 0 Å². The van der Waals surface area contributed by atoms with Gasteiger partial charge in [-0.3, -0.25) is 4.79 Å². The van der Waals surface area contributed by atoms with E-state index in [2.05, 4.69) is 5.32 Å². The van der Waals surface area contributed by atoms with Crippen LogP contribution in [0.25, 0.3) is 0 Å². The minimum absolute atomic E-state index is 0.379. The molecule has 2 N–H and O–H groups in total. The number of carbonyl (C=O) groups is 2. The number of carboxylic acids is 1. The first-order chi connectivity index (χ1) is 8.56. The fourth-order valence-electron chi connectivity index (χ4n) is 1.78. The topological polar surface area (TPSA) is 66.4 Å². The van der Waals surface area contributed by atoms with E-state index in [9.17, 15) is 9.59 Å². The van der Waals surface area contributed by atoms with E-state index in [0.29, 0.717) is 22.9 Å². The summed E-state index contributed by atoms with van der Waals surface area (Å²) < 4.78 is 0. The maximum Gasteiger partial charge on any atom is 0.326 e. The van der Waals surface area contributed by atoms with Crippen molar-refractivity contribution in [3.8, 4) is 0 Å². The summed E-state index contributed by atoms with van der Waals surface area (Å²) in [5, 5.41) is 12.0. The molecule has 96 valence electrons. The summed E-state index contributed by atoms with van der Waals surface area (Å²) in [7, 11) is 0. The van der Waals surface area contributed by atoms with Crippen LogP contribution in [0.4, 0.5) is 0 Å². The highest BCUT2D eigenvalue weighted by Gasteiger charge is 2.30. The maximum absolute atomic E-state index is 11.9. The van der Waals surface area contributed by atoms with Gasteiger partial charge in [0.25, 0.3) is 5.91 Å².